The average molecular weight is 237 g/mol. The molecule has 0 aromatic carbocycles. The van der Waals surface area contributed by atoms with Crippen LogP contribution in [0.5, 0.6) is 0 Å². The Labute approximate surface area is 98.5 Å². The highest BCUT2D eigenvalue weighted by Gasteiger charge is 2.17. The quantitative estimate of drug-likeness (QED) is 0.868. The van der Waals surface area contributed by atoms with Crippen LogP contribution in [0, 0.1) is 0 Å². The van der Waals surface area contributed by atoms with E-state index in [0.717, 1.165) is 17.7 Å². The number of nitrogens with two attached hydrogens (primary N) is 1. The number of thiophene rings is 1. The zero-order valence-corrected chi connectivity index (χ0v) is 10.0. The van der Waals surface area contributed by atoms with Crippen LogP contribution < -0.4 is 5.73 Å². The summed E-state index contributed by atoms with van der Waals surface area (Å²) in [6.45, 7) is 2.68. The Morgan fingerprint density at radius 3 is 3.06 bits per heavy atom. The molecule has 0 fully saturated rings. The highest BCUT2D eigenvalue weighted by Crippen LogP contribution is 2.25. The normalized spacial score (nSPS) is 12.9. The summed E-state index contributed by atoms with van der Waals surface area (Å²) in [6, 6.07) is 3.96. The Balaban J connectivity index is 2.18. The molecule has 0 saturated carbocycles. The molecule has 2 heterocycles. The molecule has 0 aliphatic heterocycles. The van der Waals surface area contributed by atoms with E-state index >= 15 is 0 Å². The van der Waals surface area contributed by atoms with Crippen molar-refractivity contribution in [2.75, 3.05) is 6.54 Å². The summed E-state index contributed by atoms with van der Waals surface area (Å²) in [7, 11) is 0. The van der Waals surface area contributed by atoms with E-state index in [0.29, 0.717) is 18.3 Å². The van der Waals surface area contributed by atoms with Gasteiger partial charge in [-0.2, -0.15) is 4.98 Å². The second-order valence-corrected chi connectivity index (χ2v) is 4.60. The van der Waals surface area contributed by atoms with E-state index in [1.165, 1.54) is 0 Å². The molecule has 0 aliphatic carbocycles. The fraction of sp³-hybridized carbons (Fsp3) is 0.455. The van der Waals surface area contributed by atoms with Crippen molar-refractivity contribution in [3.8, 4) is 10.7 Å². The fourth-order valence-corrected chi connectivity index (χ4v) is 2.25. The maximum atomic E-state index is 5.69. The number of hydrogen-bond donors (Lipinski definition) is 1. The van der Waals surface area contributed by atoms with Gasteiger partial charge in [-0.05, 0) is 17.9 Å². The van der Waals surface area contributed by atoms with Gasteiger partial charge >= 0.3 is 0 Å². The van der Waals surface area contributed by atoms with Gasteiger partial charge in [0.1, 0.15) is 0 Å². The van der Waals surface area contributed by atoms with Crippen molar-refractivity contribution >= 4 is 11.3 Å². The number of rotatable bonds is 5. The Hall–Kier alpha value is -1.20. The zero-order chi connectivity index (χ0) is 11.4. The van der Waals surface area contributed by atoms with Crippen LogP contribution in [-0.2, 0) is 0 Å². The van der Waals surface area contributed by atoms with E-state index in [-0.39, 0.29) is 5.92 Å². The molecular weight excluding hydrogens is 222 g/mol. The van der Waals surface area contributed by atoms with Crippen LogP contribution >= 0.6 is 11.3 Å². The molecule has 5 heteroatoms. The minimum atomic E-state index is 0.186. The Morgan fingerprint density at radius 2 is 2.44 bits per heavy atom. The van der Waals surface area contributed by atoms with E-state index in [1.54, 1.807) is 11.3 Å². The molecule has 2 aromatic rings. The minimum absolute atomic E-state index is 0.186. The van der Waals surface area contributed by atoms with Gasteiger partial charge in [0.15, 0.2) is 0 Å². The van der Waals surface area contributed by atoms with Gasteiger partial charge in [0.05, 0.1) is 10.8 Å². The Morgan fingerprint density at radius 1 is 1.56 bits per heavy atom. The van der Waals surface area contributed by atoms with Crippen LogP contribution in [0.4, 0.5) is 0 Å². The molecule has 0 radical (unpaired) electrons. The summed E-state index contributed by atoms with van der Waals surface area (Å²) in [6.07, 6.45) is 2.06. The maximum absolute atomic E-state index is 5.69. The molecule has 2 N–H and O–H groups in total. The van der Waals surface area contributed by atoms with Crippen LogP contribution in [0.25, 0.3) is 10.7 Å². The fourth-order valence-electron chi connectivity index (χ4n) is 1.60. The molecule has 0 amide bonds. The highest BCUT2D eigenvalue weighted by atomic mass is 32.1. The minimum Gasteiger partial charge on any atom is -0.339 e. The van der Waals surface area contributed by atoms with Crippen molar-refractivity contribution in [2.45, 2.75) is 25.7 Å². The van der Waals surface area contributed by atoms with Crippen LogP contribution in [0.2, 0.25) is 0 Å². The highest BCUT2D eigenvalue weighted by molar-refractivity contribution is 7.13. The van der Waals surface area contributed by atoms with Gasteiger partial charge < -0.3 is 10.3 Å². The standard InChI is InChI=1S/C11H15N3OS/c1-2-4-8(7-12)11-13-10(14-15-11)9-5-3-6-16-9/h3,5-6,8H,2,4,7,12H2,1H3. The lowest BCUT2D eigenvalue weighted by molar-refractivity contribution is 0.347. The molecule has 16 heavy (non-hydrogen) atoms. The molecule has 1 atom stereocenters. The lowest BCUT2D eigenvalue weighted by atomic mass is 10.0. The zero-order valence-electron chi connectivity index (χ0n) is 9.22. The van der Waals surface area contributed by atoms with Gasteiger partial charge in [0, 0.05) is 6.54 Å². The SMILES string of the molecule is CCCC(CN)c1nc(-c2cccs2)no1. The molecule has 2 aromatic heterocycles. The summed E-state index contributed by atoms with van der Waals surface area (Å²) in [5.74, 6) is 1.51. The van der Waals surface area contributed by atoms with Crippen molar-refractivity contribution in [2.24, 2.45) is 5.73 Å². The molecule has 0 aliphatic rings. The summed E-state index contributed by atoms with van der Waals surface area (Å²) < 4.78 is 5.26. The van der Waals surface area contributed by atoms with Crippen molar-refractivity contribution in [1.29, 1.82) is 0 Å². The first kappa shape index (κ1) is 11.3. The van der Waals surface area contributed by atoms with Gasteiger partial charge in [-0.1, -0.05) is 24.6 Å². The van der Waals surface area contributed by atoms with E-state index in [2.05, 4.69) is 17.1 Å². The third-order valence-electron chi connectivity index (χ3n) is 2.45. The van der Waals surface area contributed by atoms with Crippen molar-refractivity contribution in [3.05, 3.63) is 23.4 Å². The smallest absolute Gasteiger partial charge is 0.231 e. The number of nitrogens with zero attached hydrogens (tertiary/aromatic N) is 2. The third kappa shape index (κ3) is 2.31. The largest absolute Gasteiger partial charge is 0.339 e. The first-order valence-corrected chi connectivity index (χ1v) is 6.30. The van der Waals surface area contributed by atoms with Gasteiger partial charge in [-0.15, -0.1) is 11.3 Å². The summed E-state index contributed by atoms with van der Waals surface area (Å²) in [4.78, 5) is 5.43. The van der Waals surface area contributed by atoms with E-state index in [1.807, 2.05) is 17.5 Å². The van der Waals surface area contributed by atoms with Gasteiger partial charge in [0.2, 0.25) is 11.7 Å². The molecule has 0 saturated heterocycles. The summed E-state index contributed by atoms with van der Waals surface area (Å²) in [5.41, 5.74) is 5.69. The first-order chi connectivity index (χ1) is 7.85. The molecular formula is C11H15N3OS. The lowest BCUT2D eigenvalue weighted by Crippen LogP contribution is -2.12. The maximum Gasteiger partial charge on any atom is 0.231 e. The van der Waals surface area contributed by atoms with Crippen LogP contribution in [-0.4, -0.2) is 16.7 Å². The molecule has 86 valence electrons. The van der Waals surface area contributed by atoms with E-state index in [4.69, 9.17) is 10.3 Å². The predicted octanol–water partition coefficient (Wildman–Crippen LogP) is 2.64. The molecule has 1 unspecified atom stereocenters. The van der Waals surface area contributed by atoms with Gasteiger partial charge in [-0.25, -0.2) is 0 Å². The molecule has 0 bridgehead atoms. The van der Waals surface area contributed by atoms with E-state index in [9.17, 15) is 0 Å². The van der Waals surface area contributed by atoms with Crippen molar-refractivity contribution in [3.63, 3.8) is 0 Å². The first-order valence-electron chi connectivity index (χ1n) is 5.42. The van der Waals surface area contributed by atoms with E-state index < -0.39 is 0 Å². The predicted molar refractivity (Wildman–Crippen MR) is 64.3 cm³/mol. The third-order valence-corrected chi connectivity index (χ3v) is 3.32. The van der Waals surface area contributed by atoms with Gasteiger partial charge in [-0.3, -0.25) is 0 Å². The second-order valence-electron chi connectivity index (χ2n) is 3.65. The molecule has 4 nitrogen and oxygen atoms in total. The Kier molecular flexibility index (Phi) is 3.69. The monoisotopic (exact) mass is 237 g/mol. The topological polar surface area (TPSA) is 64.9 Å². The summed E-state index contributed by atoms with van der Waals surface area (Å²) >= 11 is 1.61. The number of hydrogen-bond acceptors (Lipinski definition) is 5. The van der Waals surface area contributed by atoms with Crippen LogP contribution in [0.15, 0.2) is 22.0 Å². The average Bonchev–Trinajstić information content (AvgIpc) is 2.95. The van der Waals surface area contributed by atoms with Crippen molar-refractivity contribution in [1.82, 2.24) is 10.1 Å². The molecule has 0 spiro atoms. The van der Waals surface area contributed by atoms with Gasteiger partial charge in [0.25, 0.3) is 0 Å². The summed E-state index contributed by atoms with van der Waals surface area (Å²) in [5, 5.41) is 5.98. The Bertz CT molecular complexity index is 424. The number of aromatic nitrogens is 2. The lowest BCUT2D eigenvalue weighted by Gasteiger charge is -2.06. The molecule has 2 rings (SSSR count). The van der Waals surface area contributed by atoms with Crippen LogP contribution in [0.3, 0.4) is 0 Å². The van der Waals surface area contributed by atoms with Crippen molar-refractivity contribution < 1.29 is 4.52 Å². The van der Waals surface area contributed by atoms with Crippen LogP contribution in [0.1, 0.15) is 31.6 Å². The second kappa shape index (κ2) is 5.23.